The van der Waals surface area contributed by atoms with Gasteiger partial charge in [-0.15, -0.1) is 0 Å². The summed E-state index contributed by atoms with van der Waals surface area (Å²) in [5, 5.41) is 6.38. The van der Waals surface area contributed by atoms with Gasteiger partial charge in [-0.3, -0.25) is 4.98 Å². The van der Waals surface area contributed by atoms with Gasteiger partial charge in [0.25, 0.3) is 0 Å². The molecule has 0 bridgehead atoms. The van der Waals surface area contributed by atoms with E-state index in [4.69, 9.17) is 14.2 Å². The van der Waals surface area contributed by atoms with E-state index in [1.165, 1.54) is 0 Å². The number of rotatable bonds is 8. The summed E-state index contributed by atoms with van der Waals surface area (Å²) in [5.74, 6) is 2.77. The third-order valence-electron chi connectivity index (χ3n) is 3.75. The zero-order chi connectivity index (χ0) is 19.1. The topological polar surface area (TPSA) is 90.4 Å². The van der Waals surface area contributed by atoms with Crippen molar-refractivity contribution in [2.45, 2.75) is 6.54 Å². The van der Waals surface area contributed by atoms with Crippen molar-refractivity contribution in [3.8, 4) is 17.2 Å². The van der Waals surface area contributed by atoms with Crippen molar-refractivity contribution >= 4 is 17.5 Å². The van der Waals surface area contributed by atoms with Crippen LogP contribution in [-0.4, -0.2) is 36.3 Å². The minimum Gasteiger partial charge on any atom is -0.493 e. The summed E-state index contributed by atoms with van der Waals surface area (Å²) >= 11 is 0. The lowest BCUT2D eigenvalue weighted by Gasteiger charge is -2.15. The van der Waals surface area contributed by atoms with Crippen LogP contribution in [0.3, 0.4) is 0 Å². The number of anilines is 3. The van der Waals surface area contributed by atoms with Crippen LogP contribution in [0.1, 0.15) is 5.69 Å². The molecule has 0 saturated heterocycles. The van der Waals surface area contributed by atoms with Gasteiger partial charge in [0.15, 0.2) is 11.5 Å². The molecule has 3 aromatic rings. The molecule has 0 unspecified atom stereocenters. The fourth-order valence-corrected chi connectivity index (χ4v) is 2.49. The quantitative estimate of drug-likeness (QED) is 0.627. The first-order chi connectivity index (χ1) is 13.2. The second-order valence-electron chi connectivity index (χ2n) is 5.48. The summed E-state index contributed by atoms with van der Waals surface area (Å²) < 4.78 is 16.1. The molecule has 0 radical (unpaired) electrons. The molecule has 27 heavy (non-hydrogen) atoms. The number of aromatic nitrogens is 3. The molecule has 8 nitrogen and oxygen atoms in total. The lowest BCUT2D eigenvalue weighted by molar-refractivity contribution is 0.324. The van der Waals surface area contributed by atoms with E-state index in [2.05, 4.69) is 25.6 Å². The molecule has 8 heteroatoms. The third-order valence-corrected chi connectivity index (χ3v) is 3.75. The Bertz CT molecular complexity index is 865. The van der Waals surface area contributed by atoms with Crippen LogP contribution >= 0.6 is 0 Å². The van der Waals surface area contributed by atoms with Crippen molar-refractivity contribution in [3.63, 3.8) is 0 Å². The summed E-state index contributed by atoms with van der Waals surface area (Å²) in [4.78, 5) is 13.0. The highest BCUT2D eigenvalue weighted by molar-refractivity contribution is 5.66. The number of benzene rings is 1. The molecule has 0 amide bonds. The van der Waals surface area contributed by atoms with Gasteiger partial charge in [-0.1, -0.05) is 6.07 Å². The molecule has 2 heterocycles. The molecule has 0 saturated carbocycles. The Morgan fingerprint density at radius 3 is 2.30 bits per heavy atom. The molecule has 0 aliphatic heterocycles. The molecule has 0 spiro atoms. The van der Waals surface area contributed by atoms with Crippen LogP contribution in [0.4, 0.5) is 17.5 Å². The normalized spacial score (nSPS) is 10.2. The fourth-order valence-electron chi connectivity index (χ4n) is 2.49. The van der Waals surface area contributed by atoms with Gasteiger partial charge in [-0.05, 0) is 18.2 Å². The average Bonchev–Trinajstić information content (AvgIpc) is 2.72. The molecule has 3 rings (SSSR count). The first kappa shape index (κ1) is 18.2. The van der Waals surface area contributed by atoms with Gasteiger partial charge in [0.2, 0.25) is 11.7 Å². The van der Waals surface area contributed by atoms with Gasteiger partial charge in [-0.25, -0.2) is 4.98 Å². The lowest BCUT2D eigenvalue weighted by atomic mass is 10.2. The molecule has 1 aromatic carbocycles. The van der Waals surface area contributed by atoms with E-state index in [1.807, 2.05) is 30.3 Å². The molecule has 0 aliphatic rings. The average molecular weight is 367 g/mol. The standard InChI is InChI=1S/C19H21N5O3/c1-25-15-10-14(11-16(26-2)18(15)27-3)23-17-7-9-21-19(24-17)22-12-13-6-4-5-8-20-13/h4-11H,12H2,1-3H3,(H2,21,22,23,24). The maximum atomic E-state index is 5.37. The van der Waals surface area contributed by atoms with Gasteiger partial charge < -0.3 is 24.8 Å². The van der Waals surface area contributed by atoms with Crippen molar-refractivity contribution in [3.05, 3.63) is 54.5 Å². The molecule has 2 N–H and O–H groups in total. The Labute approximate surface area is 157 Å². The number of ether oxygens (including phenoxy) is 3. The van der Waals surface area contributed by atoms with Gasteiger partial charge in [0.1, 0.15) is 5.82 Å². The number of hydrogen-bond acceptors (Lipinski definition) is 8. The van der Waals surface area contributed by atoms with Crippen LogP contribution in [0.2, 0.25) is 0 Å². The van der Waals surface area contributed by atoms with Crippen molar-refractivity contribution < 1.29 is 14.2 Å². The Morgan fingerprint density at radius 2 is 1.67 bits per heavy atom. The smallest absolute Gasteiger partial charge is 0.224 e. The second kappa shape index (κ2) is 8.70. The van der Waals surface area contributed by atoms with Crippen LogP contribution in [0.25, 0.3) is 0 Å². The highest BCUT2D eigenvalue weighted by Gasteiger charge is 2.13. The molecular weight excluding hydrogens is 346 g/mol. The number of hydrogen-bond donors (Lipinski definition) is 2. The van der Waals surface area contributed by atoms with Crippen LogP contribution < -0.4 is 24.8 Å². The first-order valence-electron chi connectivity index (χ1n) is 8.27. The van der Waals surface area contributed by atoms with Gasteiger partial charge in [0.05, 0.1) is 33.6 Å². The Balaban J connectivity index is 1.76. The monoisotopic (exact) mass is 367 g/mol. The number of pyridine rings is 1. The van der Waals surface area contributed by atoms with E-state index in [9.17, 15) is 0 Å². The zero-order valence-electron chi connectivity index (χ0n) is 15.4. The minimum absolute atomic E-state index is 0.498. The van der Waals surface area contributed by atoms with E-state index in [0.29, 0.717) is 35.6 Å². The maximum absolute atomic E-state index is 5.37. The predicted molar refractivity (Wildman–Crippen MR) is 103 cm³/mol. The SMILES string of the molecule is COc1cc(Nc2ccnc(NCc3ccccn3)n2)cc(OC)c1OC. The van der Waals surface area contributed by atoms with Crippen molar-refractivity contribution in [2.75, 3.05) is 32.0 Å². The molecule has 0 aliphatic carbocycles. The number of nitrogens with one attached hydrogen (secondary N) is 2. The summed E-state index contributed by atoms with van der Waals surface area (Å²) in [6.45, 7) is 0.536. The maximum Gasteiger partial charge on any atom is 0.224 e. The van der Waals surface area contributed by atoms with Gasteiger partial charge >= 0.3 is 0 Å². The second-order valence-corrected chi connectivity index (χ2v) is 5.48. The van der Waals surface area contributed by atoms with Crippen molar-refractivity contribution in [1.29, 1.82) is 0 Å². The molecule has 140 valence electrons. The fraction of sp³-hybridized carbons (Fsp3) is 0.211. The molecule has 0 atom stereocenters. The zero-order valence-corrected chi connectivity index (χ0v) is 15.4. The molecular formula is C19H21N5O3. The predicted octanol–water partition coefficient (Wildman–Crippen LogP) is 3.25. The molecule has 2 aromatic heterocycles. The summed E-state index contributed by atoms with van der Waals surface area (Å²) in [6, 6.07) is 11.1. The van der Waals surface area contributed by atoms with Crippen molar-refractivity contribution in [2.24, 2.45) is 0 Å². The molecule has 0 fully saturated rings. The number of nitrogens with zero attached hydrogens (tertiary/aromatic N) is 3. The van der Waals surface area contributed by atoms with Crippen LogP contribution in [-0.2, 0) is 6.54 Å². The van der Waals surface area contributed by atoms with Crippen LogP contribution in [0.5, 0.6) is 17.2 Å². The Morgan fingerprint density at radius 1 is 0.889 bits per heavy atom. The van der Waals surface area contributed by atoms with E-state index >= 15 is 0 Å². The highest BCUT2D eigenvalue weighted by atomic mass is 16.5. The van der Waals surface area contributed by atoms with Gasteiger partial charge in [0, 0.05) is 30.2 Å². The number of methoxy groups -OCH3 is 3. The van der Waals surface area contributed by atoms with Crippen molar-refractivity contribution in [1.82, 2.24) is 15.0 Å². The van der Waals surface area contributed by atoms with E-state index in [-0.39, 0.29) is 0 Å². The van der Waals surface area contributed by atoms with Crippen LogP contribution in [0.15, 0.2) is 48.8 Å². The lowest BCUT2D eigenvalue weighted by Crippen LogP contribution is -2.06. The highest BCUT2D eigenvalue weighted by Crippen LogP contribution is 2.40. The van der Waals surface area contributed by atoms with E-state index in [1.54, 1.807) is 39.8 Å². The Hall–Kier alpha value is -3.55. The largest absolute Gasteiger partial charge is 0.493 e. The van der Waals surface area contributed by atoms with E-state index in [0.717, 1.165) is 11.4 Å². The summed E-state index contributed by atoms with van der Waals surface area (Å²) in [5.41, 5.74) is 1.66. The summed E-state index contributed by atoms with van der Waals surface area (Å²) in [7, 11) is 4.72. The minimum atomic E-state index is 0.498. The third kappa shape index (κ3) is 4.55. The first-order valence-corrected chi connectivity index (χ1v) is 8.27. The van der Waals surface area contributed by atoms with Gasteiger partial charge in [-0.2, -0.15) is 4.98 Å². The summed E-state index contributed by atoms with van der Waals surface area (Å²) in [6.07, 6.45) is 3.42. The Kier molecular flexibility index (Phi) is 5.88. The van der Waals surface area contributed by atoms with E-state index < -0.39 is 0 Å². The van der Waals surface area contributed by atoms with Crippen LogP contribution in [0, 0.1) is 0 Å².